The Bertz CT molecular complexity index is 1280. The van der Waals surface area contributed by atoms with Crippen LogP contribution < -0.4 is 15.2 Å². The smallest absolute Gasteiger partial charge is 0.275 e. The van der Waals surface area contributed by atoms with Crippen molar-refractivity contribution in [3.63, 3.8) is 0 Å². The van der Waals surface area contributed by atoms with Crippen molar-refractivity contribution >= 4 is 11.6 Å². The Labute approximate surface area is 183 Å². The van der Waals surface area contributed by atoms with Gasteiger partial charge in [0.25, 0.3) is 5.56 Å². The van der Waals surface area contributed by atoms with E-state index in [9.17, 15) is 14.4 Å². The highest BCUT2D eigenvalue weighted by Gasteiger charge is 2.24. The number of anilines is 1. The molecule has 32 heavy (non-hydrogen) atoms. The summed E-state index contributed by atoms with van der Waals surface area (Å²) >= 11 is 0. The highest BCUT2D eigenvalue weighted by atomic mass is 19.1. The van der Waals surface area contributed by atoms with E-state index in [1.165, 1.54) is 18.2 Å². The molecule has 1 fully saturated rings. The fourth-order valence-electron chi connectivity index (χ4n) is 3.41. The third-order valence-corrected chi connectivity index (χ3v) is 5.08. The number of nitriles is 1. The minimum absolute atomic E-state index is 0.0800. The van der Waals surface area contributed by atoms with E-state index in [2.05, 4.69) is 24.8 Å². The van der Waals surface area contributed by atoms with Crippen LogP contribution in [-0.4, -0.2) is 38.9 Å². The maximum atomic E-state index is 14.0. The average Bonchev–Trinajstić information content (AvgIpc) is 2.80. The molecule has 0 aliphatic carbocycles. The summed E-state index contributed by atoms with van der Waals surface area (Å²) < 4.78 is 20.8. The van der Waals surface area contributed by atoms with Crippen molar-refractivity contribution in [2.24, 2.45) is 0 Å². The minimum Gasteiger partial charge on any atom is -0.487 e. The molecule has 3 aromatic rings. The maximum Gasteiger partial charge on any atom is 0.275 e. The van der Waals surface area contributed by atoms with E-state index in [-0.39, 0.29) is 28.9 Å². The van der Waals surface area contributed by atoms with Gasteiger partial charge in [-0.15, -0.1) is 5.10 Å². The predicted octanol–water partition coefficient (Wildman–Crippen LogP) is 2.94. The van der Waals surface area contributed by atoms with Gasteiger partial charge < -0.3 is 9.64 Å². The number of benzene rings is 1. The fourth-order valence-corrected chi connectivity index (χ4v) is 3.41. The van der Waals surface area contributed by atoms with Crippen molar-refractivity contribution in [1.29, 1.82) is 5.26 Å². The molecular formula is C22H18FN7O2. The van der Waals surface area contributed by atoms with Crippen LogP contribution in [-0.2, 0) is 0 Å². The van der Waals surface area contributed by atoms with E-state index >= 15 is 0 Å². The Kier molecular flexibility index (Phi) is 5.77. The molecule has 0 amide bonds. The maximum absolute atomic E-state index is 14.0. The van der Waals surface area contributed by atoms with Gasteiger partial charge in [-0.1, -0.05) is 6.07 Å². The lowest BCUT2D eigenvalue weighted by Crippen LogP contribution is -2.39. The van der Waals surface area contributed by atoms with Crippen LogP contribution in [0.3, 0.4) is 0 Å². The summed E-state index contributed by atoms with van der Waals surface area (Å²) in [5, 5.41) is 13.6. The van der Waals surface area contributed by atoms with Gasteiger partial charge in [0.15, 0.2) is 5.75 Å². The second-order valence-corrected chi connectivity index (χ2v) is 7.33. The van der Waals surface area contributed by atoms with Gasteiger partial charge in [0.05, 0.1) is 18.3 Å². The van der Waals surface area contributed by atoms with Crippen LogP contribution in [0.5, 0.6) is 5.75 Å². The van der Waals surface area contributed by atoms with Crippen LogP contribution in [0.25, 0.3) is 10.5 Å². The van der Waals surface area contributed by atoms with Crippen molar-refractivity contribution in [3.8, 4) is 17.5 Å². The largest absolute Gasteiger partial charge is 0.487 e. The Morgan fingerprint density at radius 3 is 2.59 bits per heavy atom. The molecule has 10 heteroatoms. The number of ether oxygens (including phenoxy) is 1. The molecule has 2 aromatic heterocycles. The highest BCUT2D eigenvalue weighted by Crippen LogP contribution is 2.24. The Balaban J connectivity index is 1.50. The molecule has 1 saturated heterocycles. The third-order valence-electron chi connectivity index (χ3n) is 5.08. The number of nitrogens with zero attached hydrogens (tertiary/aromatic N) is 7. The molecule has 1 aliphatic rings. The van der Waals surface area contributed by atoms with Gasteiger partial charge in [-0.25, -0.2) is 19.2 Å². The molecule has 0 atom stereocenters. The second kappa shape index (κ2) is 8.82. The number of aryl methyl sites for hydroxylation is 1. The summed E-state index contributed by atoms with van der Waals surface area (Å²) in [7, 11) is 0. The zero-order valence-electron chi connectivity index (χ0n) is 17.2. The summed E-state index contributed by atoms with van der Waals surface area (Å²) in [6, 6.07) is 6.80. The molecule has 4 rings (SSSR count). The fraction of sp³-hybridized carbons (Fsp3) is 0.273. The van der Waals surface area contributed by atoms with Crippen LogP contribution in [0.15, 0.2) is 41.5 Å². The van der Waals surface area contributed by atoms with Crippen LogP contribution in [0.4, 0.5) is 16.0 Å². The third kappa shape index (κ3) is 4.25. The summed E-state index contributed by atoms with van der Waals surface area (Å²) in [6.07, 6.45) is 4.66. The molecule has 0 bridgehead atoms. The Hall–Kier alpha value is -4.31. The first-order valence-electron chi connectivity index (χ1n) is 9.90. The molecule has 3 heterocycles. The number of hydrogen-bond acceptors (Lipinski definition) is 7. The summed E-state index contributed by atoms with van der Waals surface area (Å²) in [6.45, 7) is 10.2. The van der Waals surface area contributed by atoms with Crippen LogP contribution >= 0.6 is 0 Å². The molecule has 0 radical (unpaired) electrons. The highest BCUT2D eigenvalue weighted by molar-refractivity contribution is 5.51. The van der Waals surface area contributed by atoms with Gasteiger partial charge >= 0.3 is 0 Å². The Morgan fingerprint density at radius 1 is 1.25 bits per heavy atom. The van der Waals surface area contributed by atoms with Crippen molar-refractivity contribution in [3.05, 3.63) is 75.5 Å². The minimum atomic E-state index is -0.769. The normalized spacial score (nSPS) is 13.9. The number of rotatable bonds is 4. The zero-order valence-corrected chi connectivity index (χ0v) is 17.2. The van der Waals surface area contributed by atoms with E-state index in [0.29, 0.717) is 31.9 Å². The van der Waals surface area contributed by atoms with E-state index in [1.807, 2.05) is 13.0 Å². The number of aromatic nitrogens is 4. The van der Waals surface area contributed by atoms with Crippen molar-refractivity contribution in [2.45, 2.75) is 25.9 Å². The quantitative estimate of drug-likeness (QED) is 0.586. The average molecular weight is 431 g/mol. The molecule has 1 aliphatic heterocycles. The molecular weight excluding hydrogens is 413 g/mol. The van der Waals surface area contributed by atoms with E-state index in [4.69, 9.17) is 11.3 Å². The van der Waals surface area contributed by atoms with Crippen LogP contribution in [0, 0.1) is 30.6 Å². The first-order valence-corrected chi connectivity index (χ1v) is 9.90. The van der Waals surface area contributed by atoms with Crippen molar-refractivity contribution in [1.82, 2.24) is 19.7 Å². The van der Waals surface area contributed by atoms with E-state index < -0.39 is 11.4 Å². The lowest BCUT2D eigenvalue weighted by Gasteiger charge is -2.32. The molecule has 0 unspecified atom stereocenters. The summed E-state index contributed by atoms with van der Waals surface area (Å²) in [5.74, 6) is -0.0149. The lowest BCUT2D eigenvalue weighted by atomic mass is 10.1. The van der Waals surface area contributed by atoms with Crippen LogP contribution in [0.1, 0.15) is 24.1 Å². The van der Waals surface area contributed by atoms with Gasteiger partial charge in [0.1, 0.15) is 18.0 Å². The van der Waals surface area contributed by atoms with E-state index in [0.717, 1.165) is 16.3 Å². The van der Waals surface area contributed by atoms with Gasteiger partial charge in [0.2, 0.25) is 17.3 Å². The second-order valence-electron chi connectivity index (χ2n) is 7.33. The van der Waals surface area contributed by atoms with Gasteiger partial charge in [0, 0.05) is 38.3 Å². The van der Waals surface area contributed by atoms with Crippen molar-refractivity contribution < 1.29 is 9.13 Å². The lowest BCUT2D eigenvalue weighted by molar-refractivity contribution is 0.168. The molecule has 0 N–H and O–H groups in total. The SMILES string of the molecule is [C-]#[N+]c1ccc(-n2nc(C#N)c(OC3CCN(c4ncc(C)cn4)CC3)cc2=O)cc1F. The van der Waals surface area contributed by atoms with Crippen LogP contribution in [0.2, 0.25) is 0 Å². The summed E-state index contributed by atoms with van der Waals surface area (Å²) in [5.41, 5.74) is 0.297. The monoisotopic (exact) mass is 431 g/mol. The summed E-state index contributed by atoms with van der Waals surface area (Å²) in [4.78, 5) is 26.4. The molecule has 1 aromatic carbocycles. The standard InChI is InChI=1S/C22H18FN7O2/c1-14-12-26-22(27-13-14)29-7-5-16(6-8-29)32-20-10-21(31)30(28-19(20)11-24)15-3-4-18(25-2)17(23)9-15/h3-4,9-10,12-13,16H,5-8H2,1H3. The van der Waals surface area contributed by atoms with Gasteiger partial charge in [-0.2, -0.15) is 9.94 Å². The number of piperidine rings is 1. The number of hydrogen-bond donors (Lipinski definition) is 0. The topological polar surface area (TPSA) is 101 Å². The molecule has 0 saturated carbocycles. The molecule has 9 nitrogen and oxygen atoms in total. The van der Waals surface area contributed by atoms with Gasteiger partial charge in [-0.05, 0) is 24.6 Å². The predicted molar refractivity (Wildman–Crippen MR) is 113 cm³/mol. The van der Waals surface area contributed by atoms with Crippen molar-refractivity contribution in [2.75, 3.05) is 18.0 Å². The first-order chi connectivity index (χ1) is 15.5. The molecule has 0 spiro atoms. The first kappa shape index (κ1) is 20.9. The molecule has 160 valence electrons. The zero-order chi connectivity index (χ0) is 22.7. The van der Waals surface area contributed by atoms with E-state index in [1.54, 1.807) is 12.4 Å². The van der Waals surface area contributed by atoms with Gasteiger partial charge in [-0.3, -0.25) is 4.79 Å². The number of halogens is 1. The Morgan fingerprint density at radius 2 is 1.97 bits per heavy atom.